The third-order valence-electron chi connectivity index (χ3n) is 1.65. The van der Waals surface area contributed by atoms with Crippen LogP contribution in [0.3, 0.4) is 0 Å². The number of hydrogen-bond acceptors (Lipinski definition) is 4. The van der Waals surface area contributed by atoms with Crippen LogP contribution in [0.25, 0.3) is 0 Å². The minimum Gasteiger partial charge on any atom is -0.481 e. The van der Waals surface area contributed by atoms with Crippen molar-refractivity contribution >= 4 is 5.82 Å². The fraction of sp³-hybridized carbons (Fsp3) is 0.500. The van der Waals surface area contributed by atoms with Crippen molar-refractivity contribution in [3.63, 3.8) is 0 Å². The monoisotopic (exact) mass is 203 g/mol. The van der Waals surface area contributed by atoms with E-state index in [0.717, 1.165) is 0 Å². The van der Waals surface area contributed by atoms with Crippen LogP contribution in [-0.4, -0.2) is 30.0 Å². The van der Waals surface area contributed by atoms with Crippen molar-refractivity contribution in [2.75, 3.05) is 19.0 Å². The van der Waals surface area contributed by atoms with Crippen molar-refractivity contribution < 1.29 is 13.5 Å². The molecular formula is C8H11F2N3O. The van der Waals surface area contributed by atoms with E-state index in [4.69, 9.17) is 4.74 Å². The molecule has 0 aromatic carbocycles. The number of hydrogen-bond donors (Lipinski definition) is 1. The number of rotatable bonds is 4. The Bertz CT molecular complexity index is 307. The van der Waals surface area contributed by atoms with Gasteiger partial charge in [-0.25, -0.2) is 18.7 Å². The van der Waals surface area contributed by atoms with E-state index in [1.807, 2.05) is 0 Å². The van der Waals surface area contributed by atoms with E-state index >= 15 is 0 Å². The first-order valence-corrected chi connectivity index (χ1v) is 4.02. The molecule has 0 aliphatic rings. The van der Waals surface area contributed by atoms with Gasteiger partial charge in [0.05, 0.1) is 19.2 Å². The summed E-state index contributed by atoms with van der Waals surface area (Å²) in [5.41, 5.74) is 0.621. The van der Waals surface area contributed by atoms with Crippen LogP contribution in [0.4, 0.5) is 14.6 Å². The molecule has 0 atom stereocenters. The number of aromatic nitrogens is 2. The Morgan fingerprint density at radius 3 is 2.79 bits per heavy atom. The first-order valence-electron chi connectivity index (χ1n) is 4.02. The Morgan fingerprint density at radius 1 is 1.50 bits per heavy atom. The predicted octanol–water partition coefficient (Wildman–Crippen LogP) is 1.47. The molecule has 14 heavy (non-hydrogen) atoms. The van der Waals surface area contributed by atoms with Gasteiger partial charge in [-0.1, -0.05) is 0 Å². The summed E-state index contributed by atoms with van der Waals surface area (Å²) >= 11 is 0. The van der Waals surface area contributed by atoms with E-state index in [9.17, 15) is 8.78 Å². The number of alkyl halides is 2. The number of anilines is 1. The minimum atomic E-state index is -2.41. The number of nitrogens with zero attached hydrogens (tertiary/aromatic N) is 2. The quantitative estimate of drug-likeness (QED) is 0.804. The standard InChI is InChI=1S/C8H11F2N3O/c1-5-7(11-3-6(9)10)12-4-13-8(5)14-2/h4,6H,3H2,1-2H3,(H,11,12,13). The van der Waals surface area contributed by atoms with Crippen molar-refractivity contribution in [2.24, 2.45) is 0 Å². The van der Waals surface area contributed by atoms with E-state index in [1.54, 1.807) is 6.92 Å². The molecule has 0 radical (unpaired) electrons. The zero-order valence-corrected chi connectivity index (χ0v) is 7.92. The van der Waals surface area contributed by atoms with Crippen molar-refractivity contribution in [3.8, 4) is 5.88 Å². The molecule has 0 saturated heterocycles. The lowest BCUT2D eigenvalue weighted by atomic mass is 10.3. The molecule has 0 amide bonds. The molecule has 0 aliphatic carbocycles. The van der Waals surface area contributed by atoms with Crippen molar-refractivity contribution in [1.29, 1.82) is 0 Å². The van der Waals surface area contributed by atoms with Gasteiger partial charge in [-0.2, -0.15) is 0 Å². The highest BCUT2D eigenvalue weighted by atomic mass is 19.3. The fourth-order valence-corrected chi connectivity index (χ4v) is 0.992. The first kappa shape index (κ1) is 10.6. The molecule has 0 aliphatic heterocycles. The Labute approximate surface area is 80.3 Å². The van der Waals surface area contributed by atoms with Crippen LogP contribution in [0.5, 0.6) is 5.88 Å². The highest BCUT2D eigenvalue weighted by Gasteiger charge is 2.08. The molecule has 1 aromatic heterocycles. The average molecular weight is 203 g/mol. The van der Waals surface area contributed by atoms with Gasteiger partial charge >= 0.3 is 0 Å². The van der Waals surface area contributed by atoms with Gasteiger partial charge in [0.25, 0.3) is 6.43 Å². The molecule has 6 heteroatoms. The highest BCUT2D eigenvalue weighted by Crippen LogP contribution is 2.19. The summed E-state index contributed by atoms with van der Waals surface area (Å²) < 4.78 is 28.7. The molecule has 0 unspecified atom stereocenters. The zero-order valence-electron chi connectivity index (χ0n) is 7.92. The molecule has 1 heterocycles. The molecular weight excluding hydrogens is 192 g/mol. The minimum absolute atomic E-state index is 0.372. The maximum Gasteiger partial charge on any atom is 0.255 e. The van der Waals surface area contributed by atoms with Crippen LogP contribution < -0.4 is 10.1 Å². The zero-order chi connectivity index (χ0) is 10.6. The second-order valence-electron chi connectivity index (χ2n) is 2.63. The van der Waals surface area contributed by atoms with E-state index in [2.05, 4.69) is 15.3 Å². The Morgan fingerprint density at radius 2 is 2.21 bits per heavy atom. The molecule has 0 fully saturated rings. The van der Waals surface area contributed by atoms with Crippen LogP contribution in [0.2, 0.25) is 0 Å². The lowest BCUT2D eigenvalue weighted by molar-refractivity contribution is 0.163. The molecule has 78 valence electrons. The number of nitrogens with one attached hydrogen (secondary N) is 1. The lowest BCUT2D eigenvalue weighted by Crippen LogP contribution is -2.12. The van der Waals surface area contributed by atoms with E-state index in [-0.39, 0.29) is 0 Å². The predicted molar refractivity (Wildman–Crippen MR) is 47.8 cm³/mol. The second kappa shape index (κ2) is 4.69. The third kappa shape index (κ3) is 2.51. The Balaban J connectivity index is 2.76. The third-order valence-corrected chi connectivity index (χ3v) is 1.65. The van der Waals surface area contributed by atoms with Gasteiger partial charge in [0.1, 0.15) is 12.1 Å². The molecule has 0 spiro atoms. The number of methoxy groups -OCH3 is 1. The van der Waals surface area contributed by atoms with E-state index < -0.39 is 13.0 Å². The molecule has 0 saturated carbocycles. The molecule has 1 rings (SSSR count). The smallest absolute Gasteiger partial charge is 0.255 e. The normalized spacial score (nSPS) is 10.4. The Hall–Kier alpha value is -1.46. The van der Waals surface area contributed by atoms with Crippen molar-refractivity contribution in [1.82, 2.24) is 9.97 Å². The largest absolute Gasteiger partial charge is 0.481 e. The Kier molecular flexibility index (Phi) is 3.55. The summed E-state index contributed by atoms with van der Waals surface area (Å²) in [4.78, 5) is 7.65. The first-order chi connectivity index (χ1) is 6.65. The van der Waals surface area contributed by atoms with Crippen molar-refractivity contribution in [2.45, 2.75) is 13.3 Å². The maximum atomic E-state index is 11.9. The molecule has 0 bridgehead atoms. The van der Waals surface area contributed by atoms with E-state index in [1.165, 1.54) is 13.4 Å². The SMILES string of the molecule is COc1ncnc(NCC(F)F)c1C. The summed E-state index contributed by atoms with van der Waals surface area (Å²) in [6, 6.07) is 0. The number of halogens is 2. The lowest BCUT2D eigenvalue weighted by Gasteiger charge is -2.09. The van der Waals surface area contributed by atoms with Crippen LogP contribution in [-0.2, 0) is 0 Å². The van der Waals surface area contributed by atoms with Gasteiger partial charge < -0.3 is 10.1 Å². The molecule has 4 nitrogen and oxygen atoms in total. The van der Waals surface area contributed by atoms with Gasteiger partial charge in [-0.05, 0) is 6.92 Å². The van der Waals surface area contributed by atoms with Gasteiger partial charge in [0.15, 0.2) is 0 Å². The maximum absolute atomic E-state index is 11.9. The van der Waals surface area contributed by atoms with Gasteiger partial charge in [-0.15, -0.1) is 0 Å². The number of ether oxygens (including phenoxy) is 1. The summed E-state index contributed by atoms with van der Waals surface area (Å²) in [6.07, 6.45) is -1.14. The van der Waals surface area contributed by atoms with Crippen LogP contribution in [0.15, 0.2) is 6.33 Å². The van der Waals surface area contributed by atoms with E-state index in [0.29, 0.717) is 17.3 Å². The van der Waals surface area contributed by atoms with Crippen molar-refractivity contribution in [3.05, 3.63) is 11.9 Å². The second-order valence-corrected chi connectivity index (χ2v) is 2.63. The highest BCUT2D eigenvalue weighted by molar-refractivity contribution is 5.47. The van der Waals surface area contributed by atoms with Gasteiger partial charge in [-0.3, -0.25) is 0 Å². The molecule has 1 N–H and O–H groups in total. The van der Waals surface area contributed by atoms with Gasteiger partial charge in [0, 0.05) is 0 Å². The van der Waals surface area contributed by atoms with Gasteiger partial charge in [0.2, 0.25) is 5.88 Å². The summed E-state index contributed by atoms with van der Waals surface area (Å²) in [6.45, 7) is 1.27. The summed E-state index contributed by atoms with van der Waals surface area (Å²) in [5, 5.41) is 2.51. The van der Waals surface area contributed by atoms with Crippen LogP contribution >= 0.6 is 0 Å². The molecule has 1 aromatic rings. The van der Waals surface area contributed by atoms with Crippen LogP contribution in [0, 0.1) is 6.92 Å². The summed E-state index contributed by atoms with van der Waals surface area (Å²) in [7, 11) is 1.46. The van der Waals surface area contributed by atoms with Crippen LogP contribution in [0.1, 0.15) is 5.56 Å². The summed E-state index contributed by atoms with van der Waals surface area (Å²) in [5.74, 6) is 0.758. The topological polar surface area (TPSA) is 47.0 Å². The average Bonchev–Trinajstić information content (AvgIpc) is 2.16. The fourth-order valence-electron chi connectivity index (χ4n) is 0.992.